The Hall–Kier alpha value is -1.94. The highest BCUT2D eigenvalue weighted by atomic mass is 32.2. The van der Waals surface area contributed by atoms with Gasteiger partial charge in [0.2, 0.25) is 0 Å². The first-order valence-electron chi connectivity index (χ1n) is 8.48. The molecule has 4 heteroatoms. The second kappa shape index (κ2) is 10.8. The van der Waals surface area contributed by atoms with E-state index < -0.39 is 0 Å². The molecule has 0 saturated heterocycles. The van der Waals surface area contributed by atoms with Gasteiger partial charge in [0.05, 0.1) is 6.61 Å². The molecule has 3 nitrogen and oxygen atoms in total. The highest BCUT2D eigenvalue weighted by Gasteiger charge is 2.04. The summed E-state index contributed by atoms with van der Waals surface area (Å²) in [6.45, 7) is 3.53. The van der Waals surface area contributed by atoms with Crippen molar-refractivity contribution >= 4 is 17.7 Å². The number of amides is 1. The first-order valence-corrected chi connectivity index (χ1v) is 9.47. The molecule has 0 aliphatic heterocycles. The number of rotatable bonds is 10. The number of hydrogen-bond donors (Lipinski definition) is 1. The molecule has 0 saturated carbocycles. The summed E-state index contributed by atoms with van der Waals surface area (Å²) in [5, 5.41) is 2.94. The van der Waals surface area contributed by atoms with Gasteiger partial charge in [0.25, 0.3) is 5.91 Å². The summed E-state index contributed by atoms with van der Waals surface area (Å²) in [5.41, 5.74) is 0.678. The lowest BCUT2D eigenvalue weighted by atomic mass is 10.2. The van der Waals surface area contributed by atoms with Gasteiger partial charge in [0.15, 0.2) is 0 Å². The summed E-state index contributed by atoms with van der Waals surface area (Å²) < 4.78 is 5.72. The Bertz CT molecular complexity index is 599. The molecule has 0 aromatic heterocycles. The summed E-state index contributed by atoms with van der Waals surface area (Å²) in [5.74, 6) is 1.67. The summed E-state index contributed by atoms with van der Waals surface area (Å²) in [7, 11) is 0. The molecular formula is C20H25NO2S. The normalized spacial score (nSPS) is 10.4. The smallest absolute Gasteiger partial charge is 0.251 e. The molecule has 1 N–H and O–H groups in total. The van der Waals surface area contributed by atoms with Crippen LogP contribution in [0.3, 0.4) is 0 Å². The topological polar surface area (TPSA) is 38.3 Å². The van der Waals surface area contributed by atoms with Crippen LogP contribution in [0.4, 0.5) is 0 Å². The lowest BCUT2D eigenvalue weighted by Crippen LogP contribution is -2.24. The highest BCUT2D eigenvalue weighted by Crippen LogP contribution is 2.18. The van der Waals surface area contributed by atoms with Crippen molar-refractivity contribution in [3.05, 3.63) is 60.2 Å². The number of thioether (sulfide) groups is 1. The molecule has 0 bridgehead atoms. The molecule has 0 spiro atoms. The van der Waals surface area contributed by atoms with Crippen LogP contribution in [0.15, 0.2) is 59.5 Å². The maximum atomic E-state index is 12.0. The van der Waals surface area contributed by atoms with Crippen molar-refractivity contribution in [2.24, 2.45) is 0 Å². The molecular weight excluding hydrogens is 318 g/mol. The van der Waals surface area contributed by atoms with Crippen LogP contribution in [0.1, 0.15) is 36.5 Å². The van der Waals surface area contributed by atoms with Gasteiger partial charge in [-0.1, -0.05) is 38.0 Å². The lowest BCUT2D eigenvalue weighted by molar-refractivity contribution is 0.0953. The van der Waals surface area contributed by atoms with Gasteiger partial charge in [-0.25, -0.2) is 0 Å². The molecule has 0 radical (unpaired) electrons. The van der Waals surface area contributed by atoms with E-state index in [9.17, 15) is 4.79 Å². The van der Waals surface area contributed by atoms with Crippen molar-refractivity contribution in [2.45, 2.75) is 31.1 Å². The Morgan fingerprint density at radius 3 is 2.50 bits per heavy atom. The van der Waals surface area contributed by atoms with Crippen molar-refractivity contribution in [2.75, 3.05) is 18.9 Å². The predicted octanol–water partition coefficient (Wildman–Crippen LogP) is 4.78. The summed E-state index contributed by atoms with van der Waals surface area (Å²) >= 11 is 1.77. The molecule has 0 heterocycles. The van der Waals surface area contributed by atoms with Crippen molar-refractivity contribution < 1.29 is 9.53 Å². The predicted molar refractivity (Wildman–Crippen MR) is 101 cm³/mol. The van der Waals surface area contributed by atoms with E-state index in [4.69, 9.17) is 4.74 Å². The van der Waals surface area contributed by atoms with Crippen molar-refractivity contribution in [1.29, 1.82) is 0 Å². The minimum absolute atomic E-state index is 0.0164. The minimum Gasteiger partial charge on any atom is -0.493 e. The molecule has 2 aromatic rings. The zero-order chi connectivity index (χ0) is 17.0. The molecule has 0 atom stereocenters. The average Bonchev–Trinajstić information content (AvgIpc) is 2.63. The number of unbranched alkanes of at least 4 members (excludes halogenated alkanes) is 2. The van der Waals surface area contributed by atoms with E-state index in [-0.39, 0.29) is 5.91 Å². The fourth-order valence-electron chi connectivity index (χ4n) is 2.22. The Labute approximate surface area is 148 Å². The van der Waals surface area contributed by atoms with Gasteiger partial charge in [0.1, 0.15) is 5.75 Å². The van der Waals surface area contributed by atoms with E-state index in [1.165, 1.54) is 4.90 Å². The van der Waals surface area contributed by atoms with Crippen molar-refractivity contribution in [1.82, 2.24) is 5.32 Å². The van der Waals surface area contributed by atoms with Crippen LogP contribution in [-0.2, 0) is 0 Å². The van der Waals surface area contributed by atoms with Crippen LogP contribution >= 0.6 is 11.8 Å². The van der Waals surface area contributed by atoms with Gasteiger partial charge in [-0.2, -0.15) is 0 Å². The van der Waals surface area contributed by atoms with Gasteiger partial charge in [0, 0.05) is 22.8 Å². The zero-order valence-electron chi connectivity index (χ0n) is 14.2. The number of carbonyl (C=O) groups is 1. The zero-order valence-corrected chi connectivity index (χ0v) is 15.0. The van der Waals surface area contributed by atoms with Crippen LogP contribution in [0.25, 0.3) is 0 Å². The van der Waals surface area contributed by atoms with Crippen LogP contribution < -0.4 is 10.1 Å². The summed E-state index contributed by atoms with van der Waals surface area (Å²) in [6.07, 6.45) is 3.33. The molecule has 24 heavy (non-hydrogen) atoms. The van der Waals surface area contributed by atoms with Gasteiger partial charge < -0.3 is 10.1 Å². The molecule has 0 aliphatic carbocycles. The van der Waals surface area contributed by atoms with E-state index in [1.54, 1.807) is 11.8 Å². The van der Waals surface area contributed by atoms with E-state index >= 15 is 0 Å². The monoisotopic (exact) mass is 343 g/mol. The molecule has 0 unspecified atom stereocenters. The second-order valence-electron chi connectivity index (χ2n) is 5.50. The molecule has 0 fully saturated rings. The van der Waals surface area contributed by atoms with Gasteiger partial charge in [-0.3, -0.25) is 4.79 Å². The minimum atomic E-state index is -0.0164. The number of ether oxygens (including phenoxy) is 1. The third-order valence-corrected chi connectivity index (χ3v) is 4.52. The number of carbonyl (C=O) groups excluding carboxylic acids is 1. The highest BCUT2D eigenvalue weighted by molar-refractivity contribution is 7.99. The number of nitrogens with one attached hydrogen (secondary N) is 1. The maximum Gasteiger partial charge on any atom is 0.251 e. The largest absolute Gasteiger partial charge is 0.493 e. The van der Waals surface area contributed by atoms with Crippen LogP contribution in [0.5, 0.6) is 5.75 Å². The standard InChI is InChI=1S/C20H25NO2S/c1-2-3-7-14-21-20(22)17-10-12-18(13-11-17)23-15-16-24-19-8-5-4-6-9-19/h4-6,8-13H,2-3,7,14-16H2,1H3,(H,21,22). The molecule has 1 amide bonds. The molecule has 2 aromatic carbocycles. The lowest BCUT2D eigenvalue weighted by Gasteiger charge is -2.08. The van der Waals surface area contributed by atoms with Crippen LogP contribution in [0.2, 0.25) is 0 Å². The Balaban J connectivity index is 1.68. The maximum absolute atomic E-state index is 12.0. The van der Waals surface area contributed by atoms with Gasteiger partial charge >= 0.3 is 0 Å². The fraction of sp³-hybridized carbons (Fsp3) is 0.350. The molecule has 128 valence electrons. The SMILES string of the molecule is CCCCCNC(=O)c1ccc(OCCSc2ccccc2)cc1. The Kier molecular flexibility index (Phi) is 8.25. The second-order valence-corrected chi connectivity index (χ2v) is 6.67. The van der Waals surface area contributed by atoms with E-state index in [2.05, 4.69) is 24.4 Å². The quantitative estimate of drug-likeness (QED) is 0.498. The van der Waals surface area contributed by atoms with Crippen LogP contribution in [-0.4, -0.2) is 24.8 Å². The average molecular weight is 343 g/mol. The fourth-order valence-corrected chi connectivity index (χ4v) is 2.97. The first-order chi connectivity index (χ1) is 11.8. The van der Waals surface area contributed by atoms with E-state index in [1.807, 2.05) is 42.5 Å². The third kappa shape index (κ3) is 6.67. The van der Waals surface area contributed by atoms with Gasteiger partial charge in [-0.05, 0) is 42.8 Å². The van der Waals surface area contributed by atoms with Gasteiger partial charge in [-0.15, -0.1) is 11.8 Å². The van der Waals surface area contributed by atoms with E-state index in [0.717, 1.165) is 37.3 Å². The first kappa shape index (κ1) is 18.4. The third-order valence-electron chi connectivity index (χ3n) is 3.55. The molecule has 2 rings (SSSR count). The Morgan fingerprint density at radius 2 is 1.79 bits per heavy atom. The molecule has 0 aliphatic rings. The number of benzene rings is 2. The summed E-state index contributed by atoms with van der Waals surface area (Å²) in [6, 6.07) is 17.6. The Morgan fingerprint density at radius 1 is 1.04 bits per heavy atom. The summed E-state index contributed by atoms with van der Waals surface area (Å²) in [4.78, 5) is 13.2. The number of hydrogen-bond acceptors (Lipinski definition) is 3. The van der Waals surface area contributed by atoms with Crippen molar-refractivity contribution in [3.63, 3.8) is 0 Å². The van der Waals surface area contributed by atoms with Crippen molar-refractivity contribution in [3.8, 4) is 5.75 Å². The van der Waals surface area contributed by atoms with Crippen LogP contribution in [0, 0.1) is 0 Å². The van der Waals surface area contributed by atoms with E-state index in [0.29, 0.717) is 12.2 Å².